The van der Waals surface area contributed by atoms with Crippen LogP contribution in [0.1, 0.15) is 40.9 Å². The first-order valence-corrected chi connectivity index (χ1v) is 12.0. The van der Waals surface area contributed by atoms with Gasteiger partial charge in [-0.15, -0.1) is 0 Å². The Bertz CT molecular complexity index is 1060. The van der Waals surface area contributed by atoms with Gasteiger partial charge in [0.1, 0.15) is 5.69 Å². The lowest BCUT2D eigenvalue weighted by molar-refractivity contribution is 0.0873. The first kappa shape index (κ1) is 21.1. The van der Waals surface area contributed by atoms with E-state index in [1.165, 1.54) is 29.8 Å². The number of carbonyl (C=O) groups is 1. The highest BCUT2D eigenvalue weighted by Gasteiger charge is 2.31. The molecule has 168 valence electrons. The fourth-order valence-corrected chi connectivity index (χ4v) is 5.20. The van der Waals surface area contributed by atoms with Crippen molar-refractivity contribution in [2.75, 3.05) is 37.6 Å². The largest absolute Gasteiger partial charge is 0.369 e. The van der Waals surface area contributed by atoms with Crippen LogP contribution in [0.2, 0.25) is 0 Å². The Labute approximate surface area is 190 Å². The third-order valence-corrected chi connectivity index (χ3v) is 7.49. The number of aromatic amines is 1. The first-order chi connectivity index (χ1) is 15.6. The molecule has 2 heterocycles. The number of rotatable bonds is 6. The molecule has 0 spiro atoms. The summed E-state index contributed by atoms with van der Waals surface area (Å²) < 4.78 is 0. The zero-order valence-electron chi connectivity index (χ0n) is 19.2. The van der Waals surface area contributed by atoms with E-state index in [1.807, 2.05) is 30.3 Å². The Kier molecular flexibility index (Phi) is 5.92. The minimum absolute atomic E-state index is 0.0206. The fourth-order valence-electron chi connectivity index (χ4n) is 5.20. The lowest BCUT2D eigenvalue weighted by Gasteiger charge is -2.40. The van der Waals surface area contributed by atoms with E-state index in [-0.39, 0.29) is 5.91 Å². The number of para-hydroxylation sites is 1. The Morgan fingerprint density at radius 2 is 1.81 bits per heavy atom. The summed E-state index contributed by atoms with van der Waals surface area (Å²) in [7, 11) is 0. The molecule has 1 saturated carbocycles. The first-order valence-electron chi connectivity index (χ1n) is 12.0. The zero-order chi connectivity index (χ0) is 22.1. The second-order valence-corrected chi connectivity index (χ2v) is 9.61. The number of fused-ring (bicyclic) bond motifs is 1. The number of aryl methyl sites for hydroxylation is 1. The second-order valence-electron chi connectivity index (χ2n) is 9.61. The molecule has 1 amide bonds. The van der Waals surface area contributed by atoms with Gasteiger partial charge >= 0.3 is 0 Å². The molecule has 5 heteroatoms. The Hall–Kier alpha value is -2.79. The lowest BCUT2D eigenvalue weighted by atomic mass is 9.78. The van der Waals surface area contributed by atoms with Gasteiger partial charge in [-0.1, -0.05) is 30.3 Å². The van der Waals surface area contributed by atoms with Crippen molar-refractivity contribution in [2.24, 2.45) is 5.92 Å². The fraction of sp³-hybridized carbons (Fsp3) is 0.444. The molecule has 2 aromatic carbocycles. The summed E-state index contributed by atoms with van der Waals surface area (Å²) in [4.78, 5) is 20.9. The van der Waals surface area contributed by atoms with Crippen LogP contribution in [0.25, 0.3) is 10.9 Å². The number of carbonyl (C=O) groups excluding carboxylic acids is 1. The average molecular weight is 431 g/mol. The van der Waals surface area contributed by atoms with E-state index in [0.717, 1.165) is 55.8 Å². The van der Waals surface area contributed by atoms with Gasteiger partial charge in [0.2, 0.25) is 0 Å². The van der Waals surface area contributed by atoms with Crippen LogP contribution in [0.3, 0.4) is 0 Å². The molecule has 5 nitrogen and oxygen atoms in total. The predicted octanol–water partition coefficient (Wildman–Crippen LogP) is 4.51. The molecule has 1 saturated heterocycles. The molecule has 0 radical (unpaired) electrons. The Balaban J connectivity index is 1.03. The summed E-state index contributed by atoms with van der Waals surface area (Å²) in [6.07, 6.45) is 3.45. The smallest absolute Gasteiger partial charge is 0.267 e. The number of H-pyrrole nitrogens is 1. The monoisotopic (exact) mass is 430 g/mol. The predicted molar refractivity (Wildman–Crippen MR) is 131 cm³/mol. The van der Waals surface area contributed by atoms with E-state index < -0.39 is 0 Å². The van der Waals surface area contributed by atoms with Gasteiger partial charge in [0.05, 0.1) is 0 Å². The van der Waals surface area contributed by atoms with Crippen molar-refractivity contribution in [2.45, 2.75) is 39.2 Å². The van der Waals surface area contributed by atoms with Crippen LogP contribution in [0.4, 0.5) is 5.69 Å². The van der Waals surface area contributed by atoms with Crippen LogP contribution in [0.5, 0.6) is 0 Å². The van der Waals surface area contributed by atoms with Gasteiger partial charge < -0.3 is 15.2 Å². The van der Waals surface area contributed by atoms with Gasteiger partial charge in [-0.05, 0) is 74.9 Å². The second kappa shape index (κ2) is 8.99. The molecule has 5 rings (SSSR count). The third kappa shape index (κ3) is 4.40. The molecule has 1 aliphatic carbocycles. The van der Waals surface area contributed by atoms with Gasteiger partial charge in [0, 0.05) is 48.8 Å². The lowest BCUT2D eigenvalue weighted by Crippen LogP contribution is -2.48. The Morgan fingerprint density at radius 3 is 2.59 bits per heavy atom. The number of piperazine rings is 1. The summed E-state index contributed by atoms with van der Waals surface area (Å²) in [5.41, 5.74) is 5.87. The van der Waals surface area contributed by atoms with E-state index in [9.17, 15) is 4.79 Å². The minimum atomic E-state index is 0.0206. The topological polar surface area (TPSA) is 51.4 Å². The van der Waals surface area contributed by atoms with Gasteiger partial charge in [0.25, 0.3) is 5.91 Å². The highest BCUT2D eigenvalue weighted by atomic mass is 16.1. The molecule has 32 heavy (non-hydrogen) atoms. The van der Waals surface area contributed by atoms with Crippen molar-refractivity contribution in [3.05, 3.63) is 65.4 Å². The van der Waals surface area contributed by atoms with Crippen LogP contribution in [-0.2, 0) is 0 Å². The van der Waals surface area contributed by atoms with E-state index in [1.54, 1.807) is 0 Å². The van der Waals surface area contributed by atoms with Crippen molar-refractivity contribution in [3.63, 3.8) is 0 Å². The molecule has 2 fully saturated rings. The number of hydrogen-bond acceptors (Lipinski definition) is 3. The standard InChI is InChI=1S/C27H34N4O/c1-19-6-5-9-26(20(19)2)31-14-12-30(13-15-31)11-10-21-16-23(17-21)28-27(32)25-18-22-7-3-4-8-24(22)29-25/h3-9,18,21,23,29H,10-17H2,1-2H3,(H,28,32). The SMILES string of the molecule is Cc1cccc(N2CCN(CCC3CC(NC(=O)c4cc5ccccc5[nH]4)C3)CC2)c1C. The van der Waals surface area contributed by atoms with E-state index in [2.05, 4.69) is 52.1 Å². The number of aromatic nitrogens is 1. The number of nitrogens with zero attached hydrogens (tertiary/aromatic N) is 2. The third-order valence-electron chi connectivity index (χ3n) is 7.49. The molecule has 0 unspecified atom stereocenters. The highest BCUT2D eigenvalue weighted by Crippen LogP contribution is 2.31. The number of nitrogens with one attached hydrogen (secondary N) is 2. The van der Waals surface area contributed by atoms with E-state index in [4.69, 9.17) is 0 Å². The summed E-state index contributed by atoms with van der Waals surface area (Å²) in [6, 6.07) is 16.9. The van der Waals surface area contributed by atoms with Crippen molar-refractivity contribution < 1.29 is 4.79 Å². The van der Waals surface area contributed by atoms with Crippen LogP contribution < -0.4 is 10.2 Å². The van der Waals surface area contributed by atoms with Crippen LogP contribution in [-0.4, -0.2) is 54.6 Å². The molecule has 0 atom stereocenters. The van der Waals surface area contributed by atoms with Gasteiger partial charge in [-0.3, -0.25) is 9.69 Å². The maximum absolute atomic E-state index is 12.6. The molecule has 1 aromatic heterocycles. The van der Waals surface area contributed by atoms with Gasteiger partial charge in [0.15, 0.2) is 0 Å². The summed E-state index contributed by atoms with van der Waals surface area (Å²) in [5.74, 6) is 0.757. The van der Waals surface area contributed by atoms with Crippen molar-refractivity contribution >= 4 is 22.5 Å². The molecule has 0 bridgehead atoms. The molecule has 2 N–H and O–H groups in total. The summed E-state index contributed by atoms with van der Waals surface area (Å²) in [5, 5.41) is 4.29. The van der Waals surface area contributed by atoms with Crippen molar-refractivity contribution in [3.8, 4) is 0 Å². The zero-order valence-corrected chi connectivity index (χ0v) is 19.2. The summed E-state index contributed by atoms with van der Waals surface area (Å²) >= 11 is 0. The number of anilines is 1. The number of hydrogen-bond donors (Lipinski definition) is 2. The maximum atomic E-state index is 12.6. The quantitative estimate of drug-likeness (QED) is 0.605. The van der Waals surface area contributed by atoms with E-state index in [0.29, 0.717) is 11.7 Å². The molecular weight excluding hydrogens is 396 g/mol. The minimum Gasteiger partial charge on any atom is -0.369 e. The maximum Gasteiger partial charge on any atom is 0.267 e. The molecule has 3 aromatic rings. The Morgan fingerprint density at radius 1 is 1.03 bits per heavy atom. The van der Waals surface area contributed by atoms with Crippen LogP contribution in [0.15, 0.2) is 48.5 Å². The van der Waals surface area contributed by atoms with Crippen molar-refractivity contribution in [1.29, 1.82) is 0 Å². The number of amides is 1. The summed E-state index contributed by atoms with van der Waals surface area (Å²) in [6.45, 7) is 10.1. The van der Waals surface area contributed by atoms with Crippen LogP contribution in [0, 0.1) is 19.8 Å². The van der Waals surface area contributed by atoms with Crippen molar-refractivity contribution in [1.82, 2.24) is 15.2 Å². The normalized spacial score (nSPS) is 21.5. The van der Waals surface area contributed by atoms with E-state index >= 15 is 0 Å². The molecular formula is C27H34N4O. The highest BCUT2D eigenvalue weighted by molar-refractivity contribution is 5.98. The van der Waals surface area contributed by atoms with Crippen LogP contribution >= 0.6 is 0 Å². The molecule has 2 aliphatic rings. The van der Waals surface area contributed by atoms with Gasteiger partial charge in [-0.25, -0.2) is 0 Å². The average Bonchev–Trinajstić information content (AvgIpc) is 3.22. The van der Waals surface area contributed by atoms with Gasteiger partial charge in [-0.2, -0.15) is 0 Å². The molecule has 1 aliphatic heterocycles. The number of benzene rings is 2.